The van der Waals surface area contributed by atoms with E-state index >= 15 is 0 Å². The first-order valence-corrected chi connectivity index (χ1v) is 10.6. The molecule has 170 valence electrons. The van der Waals surface area contributed by atoms with Crippen LogP contribution in [0.2, 0.25) is 0 Å². The van der Waals surface area contributed by atoms with Gasteiger partial charge in [0.15, 0.2) is 5.75 Å². The van der Waals surface area contributed by atoms with Gasteiger partial charge in [-0.25, -0.2) is 13.9 Å². The van der Waals surface area contributed by atoms with Gasteiger partial charge >= 0.3 is 19.5 Å². The van der Waals surface area contributed by atoms with Crippen molar-refractivity contribution in [3.05, 3.63) is 52.6 Å². The fourth-order valence-electron chi connectivity index (χ4n) is 2.12. The molecule has 0 spiro atoms. The maximum absolute atomic E-state index is 11.9. The van der Waals surface area contributed by atoms with Crippen molar-refractivity contribution in [1.82, 2.24) is 9.55 Å². The van der Waals surface area contributed by atoms with Gasteiger partial charge in [-0.1, -0.05) is 36.7 Å². The van der Waals surface area contributed by atoms with Gasteiger partial charge in [-0.3, -0.25) is 9.36 Å². The first-order chi connectivity index (χ1) is 14.6. The number of nitrogens with zero attached hydrogens (tertiary/aromatic N) is 2. The molecule has 13 heteroatoms. The summed E-state index contributed by atoms with van der Waals surface area (Å²) in [5, 5.41) is 0. The lowest BCUT2D eigenvalue weighted by atomic mass is 10.2. The van der Waals surface area contributed by atoms with E-state index < -0.39 is 38.4 Å². The predicted molar refractivity (Wildman–Crippen MR) is 107 cm³/mol. The number of carbonyl (C=O) groups is 1. The topological polar surface area (TPSA) is 161 Å². The molecule has 12 nitrogen and oxygen atoms in total. The average molecular weight is 457 g/mol. The third-order valence-electron chi connectivity index (χ3n) is 3.81. The van der Waals surface area contributed by atoms with Crippen molar-refractivity contribution in [2.45, 2.75) is 33.6 Å². The molecule has 0 radical (unpaired) electrons. The first kappa shape index (κ1) is 24.5. The highest BCUT2D eigenvalue weighted by molar-refractivity contribution is 7.47. The van der Waals surface area contributed by atoms with Crippen LogP contribution >= 0.6 is 7.82 Å². The number of aromatic nitrogens is 2. The number of nitrogens with two attached hydrogens (primary N) is 1. The number of phosphoric acid groups is 1. The lowest BCUT2D eigenvalue weighted by Crippen LogP contribution is -2.27. The van der Waals surface area contributed by atoms with Crippen LogP contribution < -0.4 is 16.3 Å². The Morgan fingerprint density at radius 1 is 1.26 bits per heavy atom. The summed E-state index contributed by atoms with van der Waals surface area (Å²) in [6, 6.07) is 7.85. The number of esters is 1. The van der Waals surface area contributed by atoms with E-state index in [1.807, 2.05) is 0 Å². The third kappa shape index (κ3) is 7.78. The molecule has 0 aliphatic heterocycles. The Kier molecular flexibility index (Phi) is 8.72. The van der Waals surface area contributed by atoms with Gasteiger partial charge in [0.2, 0.25) is 6.79 Å². The molecule has 1 aromatic heterocycles. The Hall–Kier alpha value is -2.76. The van der Waals surface area contributed by atoms with E-state index in [1.54, 1.807) is 39.0 Å². The smallest absolute Gasteiger partial charge is 0.438 e. The number of phosphoric ester groups is 1. The molecule has 3 N–H and O–H groups in total. The molecule has 0 aliphatic carbocycles. The fourth-order valence-corrected chi connectivity index (χ4v) is 2.53. The zero-order valence-electron chi connectivity index (χ0n) is 17.2. The maximum Gasteiger partial charge on any atom is 0.511 e. The van der Waals surface area contributed by atoms with Gasteiger partial charge in [-0.05, 0) is 19.1 Å². The normalized spacial score (nSPS) is 14.1. The minimum Gasteiger partial charge on any atom is -0.438 e. The Balaban J connectivity index is 1.93. The molecule has 0 fully saturated rings. The molecular weight excluding hydrogens is 433 g/mol. The molecule has 1 aromatic carbocycles. The molecule has 31 heavy (non-hydrogen) atoms. The molecular formula is C18H24N3O9P. The van der Waals surface area contributed by atoms with Crippen molar-refractivity contribution in [2.75, 3.05) is 12.5 Å². The van der Waals surface area contributed by atoms with E-state index in [0.29, 0.717) is 5.56 Å². The summed E-state index contributed by atoms with van der Waals surface area (Å²) in [7, 11) is -4.67. The van der Waals surface area contributed by atoms with Crippen molar-refractivity contribution < 1.29 is 37.8 Å². The molecule has 0 saturated heterocycles. The monoisotopic (exact) mass is 457 g/mol. The molecule has 2 atom stereocenters. The number of carbonyl (C=O) groups excluding carboxylic acids is 1. The largest absolute Gasteiger partial charge is 0.511 e. The van der Waals surface area contributed by atoms with Gasteiger partial charge in [0.25, 0.3) is 0 Å². The maximum atomic E-state index is 11.9. The van der Waals surface area contributed by atoms with Crippen LogP contribution in [0.5, 0.6) is 5.75 Å². The number of hydrogen-bond acceptors (Lipinski definition) is 10. The second-order valence-electron chi connectivity index (χ2n) is 6.55. The van der Waals surface area contributed by atoms with Gasteiger partial charge < -0.3 is 25.0 Å². The van der Waals surface area contributed by atoms with Crippen LogP contribution in [0.15, 0.2) is 41.3 Å². The van der Waals surface area contributed by atoms with E-state index in [9.17, 15) is 19.0 Å². The highest BCUT2D eigenvalue weighted by Gasteiger charge is 2.25. The number of hydrogen-bond donors (Lipinski definition) is 2. The summed E-state index contributed by atoms with van der Waals surface area (Å²) < 4.78 is 32.4. The quantitative estimate of drug-likeness (QED) is 0.167. The van der Waals surface area contributed by atoms with Crippen LogP contribution in [0.1, 0.15) is 32.6 Å². The molecule has 0 aliphatic rings. The number of para-hydroxylation sites is 1. The van der Waals surface area contributed by atoms with Gasteiger partial charge in [-0.15, -0.1) is 0 Å². The molecule has 2 unspecified atom stereocenters. The molecule has 2 aromatic rings. The Morgan fingerprint density at radius 3 is 2.65 bits per heavy atom. The minimum absolute atomic E-state index is 0.0277. The lowest BCUT2D eigenvalue weighted by Gasteiger charge is -2.17. The second-order valence-corrected chi connectivity index (χ2v) is 7.90. The fraction of sp³-hybridized carbons (Fsp3) is 0.389. The molecule has 0 bridgehead atoms. The zero-order chi connectivity index (χ0) is 23.0. The van der Waals surface area contributed by atoms with Gasteiger partial charge in [-0.2, -0.15) is 4.98 Å². The van der Waals surface area contributed by atoms with E-state index in [2.05, 4.69) is 18.9 Å². The number of nitrogen functional groups attached to an aromatic ring is 1. The standard InChI is InChI=1S/C18H24N3O9P/c1-12(2)17(22)27-11-28-31(24,25)30-29-15-7-5-4-6-14(15)10-26-13(3)21-9-8-16(19)20-18(21)23/h4-9,12-13H,10-11H2,1-3H3,(H,24,25)(H2,19,20,23). The number of ether oxygens (including phenoxy) is 2. The van der Waals surface area contributed by atoms with Gasteiger partial charge in [0.05, 0.1) is 12.5 Å². The van der Waals surface area contributed by atoms with Crippen molar-refractivity contribution in [2.24, 2.45) is 5.92 Å². The van der Waals surface area contributed by atoms with Gasteiger partial charge in [0.1, 0.15) is 12.0 Å². The Morgan fingerprint density at radius 2 is 1.97 bits per heavy atom. The summed E-state index contributed by atoms with van der Waals surface area (Å²) in [4.78, 5) is 41.4. The average Bonchev–Trinajstić information content (AvgIpc) is 2.70. The van der Waals surface area contributed by atoms with Crippen molar-refractivity contribution >= 4 is 19.6 Å². The van der Waals surface area contributed by atoms with Crippen molar-refractivity contribution in [3.63, 3.8) is 0 Å². The third-order valence-corrected chi connectivity index (χ3v) is 4.50. The molecule has 0 amide bonds. The summed E-state index contributed by atoms with van der Waals surface area (Å²) >= 11 is 0. The summed E-state index contributed by atoms with van der Waals surface area (Å²) in [5.41, 5.74) is 5.35. The number of rotatable bonds is 11. The summed E-state index contributed by atoms with van der Waals surface area (Å²) in [5.74, 6) is -0.852. The minimum atomic E-state index is -4.67. The van der Waals surface area contributed by atoms with Gasteiger partial charge in [0, 0.05) is 11.8 Å². The van der Waals surface area contributed by atoms with Crippen LogP contribution in [-0.2, 0) is 34.6 Å². The van der Waals surface area contributed by atoms with Crippen LogP contribution in [0, 0.1) is 5.92 Å². The molecule has 0 saturated carbocycles. The van der Waals surface area contributed by atoms with Crippen LogP contribution in [0.4, 0.5) is 5.82 Å². The lowest BCUT2D eigenvalue weighted by molar-refractivity contribution is -0.161. The molecule has 2 rings (SSSR count). The van der Waals surface area contributed by atoms with Crippen LogP contribution in [0.3, 0.4) is 0 Å². The number of anilines is 1. The first-order valence-electron chi connectivity index (χ1n) is 9.13. The zero-order valence-corrected chi connectivity index (χ0v) is 18.1. The SMILES string of the molecule is CC(C)C(=O)OCOP(=O)(O)OOc1ccccc1COC(C)n1ccc(N)nc1=O. The summed E-state index contributed by atoms with van der Waals surface area (Å²) in [6.45, 7) is 4.02. The highest BCUT2D eigenvalue weighted by Crippen LogP contribution is 2.43. The Bertz CT molecular complexity index is 995. The van der Waals surface area contributed by atoms with Crippen LogP contribution in [-0.4, -0.2) is 27.2 Å². The summed E-state index contributed by atoms with van der Waals surface area (Å²) in [6.07, 6.45) is 0.768. The van der Waals surface area contributed by atoms with Crippen molar-refractivity contribution in [3.8, 4) is 5.75 Å². The van der Waals surface area contributed by atoms with E-state index in [1.165, 1.54) is 22.9 Å². The van der Waals surface area contributed by atoms with Crippen LogP contribution in [0.25, 0.3) is 0 Å². The predicted octanol–water partition coefficient (Wildman–Crippen LogP) is 2.14. The Labute approximate surface area is 178 Å². The number of benzene rings is 1. The van der Waals surface area contributed by atoms with E-state index in [0.717, 1.165) is 0 Å². The van der Waals surface area contributed by atoms with Crippen molar-refractivity contribution in [1.29, 1.82) is 0 Å². The highest BCUT2D eigenvalue weighted by atomic mass is 31.2. The molecule has 1 heterocycles. The van der Waals surface area contributed by atoms with E-state index in [4.69, 9.17) is 15.4 Å². The second kappa shape index (κ2) is 11.0. The van der Waals surface area contributed by atoms with E-state index in [-0.39, 0.29) is 18.2 Å².